The van der Waals surface area contributed by atoms with Gasteiger partial charge in [-0.05, 0) is 38.1 Å². The molecular weight excluding hydrogens is 352 g/mol. The van der Waals surface area contributed by atoms with Crippen LogP contribution in [-0.4, -0.2) is 64.9 Å². The smallest absolute Gasteiger partial charge is 0.277 e. The van der Waals surface area contributed by atoms with Crippen molar-refractivity contribution in [1.82, 2.24) is 20.0 Å². The first-order valence-corrected chi connectivity index (χ1v) is 9.61. The van der Waals surface area contributed by atoms with Gasteiger partial charge in [0.15, 0.2) is 6.61 Å². The lowest BCUT2D eigenvalue weighted by molar-refractivity contribution is -0.129. The lowest BCUT2D eigenvalue weighted by Gasteiger charge is -2.32. The van der Waals surface area contributed by atoms with Crippen LogP contribution in [0, 0.1) is 13.8 Å². The van der Waals surface area contributed by atoms with E-state index in [1.165, 1.54) is 11.8 Å². The molecule has 1 fully saturated rings. The van der Waals surface area contributed by atoms with E-state index < -0.39 is 0 Å². The lowest BCUT2D eigenvalue weighted by Crippen LogP contribution is -2.47. The van der Waals surface area contributed by atoms with Crippen LogP contribution in [0.25, 0.3) is 0 Å². The molecule has 0 atom stereocenters. The van der Waals surface area contributed by atoms with E-state index in [0.29, 0.717) is 16.9 Å². The summed E-state index contributed by atoms with van der Waals surface area (Å²) in [5.41, 5.74) is 2.19. The molecule has 26 heavy (non-hydrogen) atoms. The minimum Gasteiger partial charge on any atom is -0.484 e. The number of carbonyl (C=O) groups is 1. The maximum atomic E-state index is 12.2. The Kier molecular flexibility index (Phi) is 6.16. The summed E-state index contributed by atoms with van der Waals surface area (Å²) in [7, 11) is 2.07. The number of nitrogens with zero attached hydrogens (tertiary/aromatic N) is 4. The Morgan fingerprint density at radius 3 is 2.77 bits per heavy atom. The molecule has 0 unspecified atom stereocenters. The molecule has 1 saturated heterocycles. The van der Waals surface area contributed by atoms with Crippen LogP contribution in [0.5, 0.6) is 5.75 Å². The van der Waals surface area contributed by atoms with Gasteiger partial charge in [0.05, 0.1) is 5.75 Å². The Morgan fingerprint density at radius 1 is 1.23 bits per heavy atom. The van der Waals surface area contributed by atoms with Crippen molar-refractivity contribution in [3.63, 3.8) is 0 Å². The second-order valence-corrected chi connectivity index (χ2v) is 7.42. The number of ether oxygens (including phenoxy) is 1. The lowest BCUT2D eigenvalue weighted by atomic mass is 10.1. The Labute approximate surface area is 157 Å². The number of carbonyl (C=O) groups excluding carboxylic acids is 1. The third-order valence-corrected chi connectivity index (χ3v) is 5.12. The van der Waals surface area contributed by atoms with Gasteiger partial charge in [0.2, 0.25) is 5.91 Å². The van der Waals surface area contributed by atoms with E-state index in [0.717, 1.165) is 43.1 Å². The molecule has 1 amide bonds. The molecule has 0 aliphatic carbocycles. The molecule has 1 aromatic heterocycles. The number of aromatic nitrogens is 2. The average molecular weight is 376 g/mol. The Balaban J connectivity index is 1.47. The van der Waals surface area contributed by atoms with Crippen molar-refractivity contribution in [2.45, 2.75) is 25.7 Å². The van der Waals surface area contributed by atoms with Crippen LogP contribution < -0.4 is 4.74 Å². The van der Waals surface area contributed by atoms with Crippen molar-refractivity contribution in [2.75, 3.05) is 39.0 Å². The van der Waals surface area contributed by atoms with E-state index in [4.69, 9.17) is 9.15 Å². The molecule has 2 aromatic rings. The molecule has 7 nitrogen and oxygen atoms in total. The zero-order valence-electron chi connectivity index (χ0n) is 15.4. The number of thioether (sulfide) groups is 1. The maximum absolute atomic E-state index is 12.2. The number of hydrogen-bond acceptors (Lipinski definition) is 7. The molecule has 1 aliphatic heterocycles. The van der Waals surface area contributed by atoms with Crippen LogP contribution in [0.4, 0.5) is 0 Å². The fraction of sp³-hybridized carbons (Fsp3) is 0.500. The third kappa shape index (κ3) is 4.98. The van der Waals surface area contributed by atoms with Crippen LogP contribution in [-0.2, 0) is 11.4 Å². The predicted molar refractivity (Wildman–Crippen MR) is 99.3 cm³/mol. The number of likely N-dealkylation sites (N-methyl/N-ethyl adjacent to an activating group) is 1. The topological polar surface area (TPSA) is 71.7 Å². The first-order valence-electron chi connectivity index (χ1n) is 8.63. The Bertz CT molecular complexity index is 757. The standard InChI is InChI=1S/C18H24N4O3S/c1-13-4-5-14(2)15(10-13)24-11-16-19-20-18(25-16)26-12-17(23)22-8-6-21(3)7-9-22/h4-5,10H,6-9,11-12H2,1-3H3. The summed E-state index contributed by atoms with van der Waals surface area (Å²) in [6.45, 7) is 7.60. The van der Waals surface area contributed by atoms with E-state index in [9.17, 15) is 4.79 Å². The number of rotatable bonds is 6. The third-order valence-electron chi connectivity index (χ3n) is 4.32. The molecule has 0 radical (unpaired) electrons. The first kappa shape index (κ1) is 18.7. The summed E-state index contributed by atoms with van der Waals surface area (Å²) >= 11 is 1.27. The molecule has 1 aromatic carbocycles. The molecule has 8 heteroatoms. The molecule has 2 heterocycles. The van der Waals surface area contributed by atoms with Crippen LogP contribution >= 0.6 is 11.8 Å². The van der Waals surface area contributed by atoms with Crippen LogP contribution in [0.15, 0.2) is 27.8 Å². The number of aryl methyl sites for hydroxylation is 2. The molecule has 0 bridgehead atoms. The fourth-order valence-corrected chi connectivity index (χ4v) is 3.31. The van der Waals surface area contributed by atoms with Crippen molar-refractivity contribution >= 4 is 17.7 Å². The monoisotopic (exact) mass is 376 g/mol. The van der Waals surface area contributed by atoms with Gasteiger partial charge in [0.1, 0.15) is 5.75 Å². The summed E-state index contributed by atoms with van der Waals surface area (Å²) in [5, 5.41) is 8.37. The maximum Gasteiger partial charge on any atom is 0.277 e. The van der Waals surface area contributed by atoms with Crippen LogP contribution in [0.3, 0.4) is 0 Å². The van der Waals surface area contributed by atoms with Gasteiger partial charge in [-0.25, -0.2) is 0 Å². The number of benzene rings is 1. The van der Waals surface area contributed by atoms with Gasteiger partial charge in [0.25, 0.3) is 11.1 Å². The van der Waals surface area contributed by atoms with E-state index in [-0.39, 0.29) is 12.5 Å². The van der Waals surface area contributed by atoms with Gasteiger partial charge in [-0.1, -0.05) is 23.9 Å². The molecule has 0 N–H and O–H groups in total. The minimum absolute atomic E-state index is 0.106. The van der Waals surface area contributed by atoms with Gasteiger partial charge in [-0.15, -0.1) is 10.2 Å². The summed E-state index contributed by atoms with van der Waals surface area (Å²) in [6.07, 6.45) is 0. The van der Waals surface area contributed by atoms with Crippen molar-refractivity contribution in [3.05, 3.63) is 35.2 Å². The molecule has 1 aliphatic rings. The molecule has 0 saturated carbocycles. The van der Waals surface area contributed by atoms with Gasteiger partial charge < -0.3 is 19.0 Å². The highest BCUT2D eigenvalue weighted by atomic mass is 32.2. The highest BCUT2D eigenvalue weighted by molar-refractivity contribution is 7.99. The SMILES string of the molecule is Cc1ccc(C)c(OCc2nnc(SCC(=O)N3CCN(C)CC3)o2)c1. The van der Waals surface area contributed by atoms with Gasteiger partial charge in [-0.2, -0.15) is 0 Å². The second-order valence-electron chi connectivity index (χ2n) is 6.49. The quantitative estimate of drug-likeness (QED) is 0.715. The van der Waals surface area contributed by atoms with Gasteiger partial charge in [0, 0.05) is 26.2 Å². The largest absolute Gasteiger partial charge is 0.484 e. The van der Waals surface area contributed by atoms with Crippen LogP contribution in [0.1, 0.15) is 17.0 Å². The normalized spacial score (nSPS) is 15.3. The number of hydrogen-bond donors (Lipinski definition) is 0. The number of amides is 1. The molecule has 0 spiro atoms. The van der Waals surface area contributed by atoms with Crippen LogP contribution in [0.2, 0.25) is 0 Å². The zero-order valence-corrected chi connectivity index (χ0v) is 16.2. The molecular formula is C18H24N4O3S. The van der Waals surface area contributed by atoms with Crippen molar-refractivity contribution in [3.8, 4) is 5.75 Å². The van der Waals surface area contributed by atoms with E-state index in [1.54, 1.807) is 0 Å². The summed E-state index contributed by atoms with van der Waals surface area (Å²) in [6, 6.07) is 6.04. The molecule has 3 rings (SSSR count). The predicted octanol–water partition coefficient (Wildman–Crippen LogP) is 2.13. The van der Waals surface area contributed by atoms with E-state index in [2.05, 4.69) is 22.1 Å². The van der Waals surface area contributed by atoms with Crippen molar-refractivity contribution in [1.29, 1.82) is 0 Å². The highest BCUT2D eigenvalue weighted by Gasteiger charge is 2.20. The summed E-state index contributed by atoms with van der Waals surface area (Å²) < 4.78 is 11.3. The summed E-state index contributed by atoms with van der Waals surface area (Å²) in [4.78, 5) is 16.3. The van der Waals surface area contributed by atoms with Gasteiger partial charge in [-0.3, -0.25) is 4.79 Å². The first-order chi connectivity index (χ1) is 12.5. The van der Waals surface area contributed by atoms with Crippen molar-refractivity contribution in [2.24, 2.45) is 0 Å². The van der Waals surface area contributed by atoms with Crippen molar-refractivity contribution < 1.29 is 13.9 Å². The zero-order chi connectivity index (χ0) is 18.5. The Hall–Kier alpha value is -2.06. The minimum atomic E-state index is 0.106. The average Bonchev–Trinajstić information content (AvgIpc) is 3.09. The highest BCUT2D eigenvalue weighted by Crippen LogP contribution is 2.21. The number of piperazine rings is 1. The fourth-order valence-electron chi connectivity index (χ4n) is 2.63. The summed E-state index contributed by atoms with van der Waals surface area (Å²) in [5.74, 6) is 1.63. The molecule has 140 valence electrons. The van der Waals surface area contributed by atoms with Gasteiger partial charge >= 0.3 is 0 Å². The Morgan fingerprint density at radius 2 is 2.00 bits per heavy atom. The van der Waals surface area contributed by atoms with E-state index >= 15 is 0 Å². The second kappa shape index (κ2) is 8.55. The van der Waals surface area contributed by atoms with E-state index in [1.807, 2.05) is 36.9 Å².